The summed E-state index contributed by atoms with van der Waals surface area (Å²) in [6, 6.07) is 23.0. The number of hydrogen-bond acceptors (Lipinski definition) is 2. The van der Waals surface area contributed by atoms with Gasteiger partial charge in [-0.1, -0.05) is 26.2 Å². The fraction of sp³-hybridized carbons (Fsp3) is 0.269. The van der Waals surface area contributed by atoms with Crippen LogP contribution >= 0.6 is 0 Å². The Bertz CT molecular complexity index is 1020. The molecular formula is C26H24Am2BO2-3. The van der Waals surface area contributed by atoms with E-state index in [1.54, 1.807) is 0 Å². The molecule has 1 saturated carbocycles. The van der Waals surface area contributed by atoms with Crippen LogP contribution in [0.1, 0.15) is 44.6 Å². The van der Waals surface area contributed by atoms with Crippen LogP contribution in [-0.2, 0) is 5.41 Å². The largest absolute Gasteiger partial charge is 0.518 e. The first-order valence-electron chi connectivity index (χ1n) is 10.3. The fourth-order valence-electron chi connectivity index (χ4n) is 5.25. The molecule has 2 heterocycles. The van der Waals surface area contributed by atoms with E-state index in [4.69, 9.17) is 9.47 Å². The van der Waals surface area contributed by atoms with Gasteiger partial charge in [-0.15, -0.1) is 23.1 Å². The van der Waals surface area contributed by atoms with Crippen LogP contribution in [0.2, 0.25) is 0 Å². The summed E-state index contributed by atoms with van der Waals surface area (Å²) in [4.78, 5) is 0. The summed E-state index contributed by atoms with van der Waals surface area (Å²) in [6.07, 6.45) is 6.38. The predicted octanol–water partition coefficient (Wildman–Crippen LogP) is 4.69. The second kappa shape index (κ2) is 8.92. The zero-order valence-corrected chi connectivity index (χ0v) is 24.1. The SMILES string of the molecule is CC1(c2cc3c4c(c2)Oc2c[c-]ccc2B4c2cc[c-]cc2O3)CCCCC1.[Am].[Am].[CH3-]. The Morgan fingerprint density at radius 2 is 1.32 bits per heavy atom. The molecule has 0 spiro atoms. The van der Waals surface area contributed by atoms with Crippen molar-refractivity contribution in [1.82, 2.24) is 0 Å². The molecule has 0 N–H and O–H groups in total. The van der Waals surface area contributed by atoms with Crippen molar-refractivity contribution in [3.05, 3.63) is 73.7 Å². The zero-order valence-electron chi connectivity index (χ0n) is 17.8. The van der Waals surface area contributed by atoms with E-state index in [0.717, 1.165) is 28.5 Å². The monoisotopic (exact) mass is 861 g/mol. The molecule has 5 heteroatoms. The molecule has 0 saturated heterocycles. The van der Waals surface area contributed by atoms with Gasteiger partial charge in [0.15, 0.2) is 0 Å². The number of rotatable bonds is 1. The second-order valence-electron chi connectivity index (χ2n) is 8.57. The van der Waals surface area contributed by atoms with Gasteiger partial charge < -0.3 is 16.9 Å². The minimum absolute atomic E-state index is 0. The van der Waals surface area contributed by atoms with Crippen LogP contribution in [0.3, 0.4) is 0 Å². The number of ether oxygens (including phenoxy) is 2. The summed E-state index contributed by atoms with van der Waals surface area (Å²) in [7, 11) is 0. The summed E-state index contributed by atoms with van der Waals surface area (Å²) in [6.45, 7) is 2.53. The normalized spacial score (nSPS) is 16.5. The van der Waals surface area contributed by atoms with Crippen LogP contribution in [0.25, 0.3) is 0 Å². The molecule has 0 unspecified atom stereocenters. The first kappa shape index (κ1) is 23.8. The Morgan fingerprint density at radius 3 is 1.84 bits per heavy atom. The maximum atomic E-state index is 6.40. The van der Waals surface area contributed by atoms with Gasteiger partial charge in [-0.25, -0.2) is 0 Å². The van der Waals surface area contributed by atoms with Gasteiger partial charge in [0, 0.05) is 45.5 Å². The summed E-state index contributed by atoms with van der Waals surface area (Å²) < 4.78 is 12.8. The van der Waals surface area contributed by atoms with Crippen LogP contribution < -0.4 is 25.9 Å². The maximum Gasteiger partial charge on any atom is 0.208 e. The van der Waals surface area contributed by atoms with Crippen molar-refractivity contribution in [3.63, 3.8) is 0 Å². The van der Waals surface area contributed by atoms with Crippen molar-refractivity contribution in [3.8, 4) is 23.0 Å². The molecule has 31 heavy (non-hydrogen) atoms. The van der Waals surface area contributed by atoms with Crippen molar-refractivity contribution >= 4 is 23.1 Å². The van der Waals surface area contributed by atoms with Crippen molar-refractivity contribution in [1.29, 1.82) is 0 Å². The Kier molecular flexibility index (Phi) is 6.84. The summed E-state index contributed by atoms with van der Waals surface area (Å²) in [5, 5.41) is 0. The van der Waals surface area contributed by atoms with Crippen LogP contribution in [0, 0.1) is 48.1 Å². The Labute approximate surface area is 201 Å². The minimum Gasteiger partial charge on any atom is -0.518 e. The molecule has 6 rings (SSSR count). The quantitative estimate of drug-likeness (QED) is 0.180. The van der Waals surface area contributed by atoms with Gasteiger partial charge in [-0.2, -0.15) is 36.4 Å². The van der Waals surface area contributed by atoms with Gasteiger partial charge >= 0.3 is 0 Å². The zero-order chi connectivity index (χ0) is 18.7. The third-order valence-electron chi connectivity index (χ3n) is 6.82. The molecule has 1 fully saturated rings. The van der Waals surface area contributed by atoms with E-state index in [0.29, 0.717) is 0 Å². The van der Waals surface area contributed by atoms with Crippen molar-refractivity contribution in [2.45, 2.75) is 44.4 Å². The van der Waals surface area contributed by atoms with Gasteiger partial charge in [0.25, 0.3) is 0 Å². The third-order valence-corrected chi connectivity index (χ3v) is 6.82. The van der Waals surface area contributed by atoms with Gasteiger partial charge in [0.1, 0.15) is 11.5 Å². The fourth-order valence-corrected chi connectivity index (χ4v) is 5.25. The van der Waals surface area contributed by atoms with Crippen LogP contribution in [0.5, 0.6) is 23.0 Å². The van der Waals surface area contributed by atoms with E-state index in [1.165, 1.54) is 48.6 Å². The Morgan fingerprint density at radius 1 is 0.806 bits per heavy atom. The number of benzene rings is 3. The number of fused-ring (bicyclic) bond motifs is 4. The molecule has 3 aromatic rings. The van der Waals surface area contributed by atoms with Crippen LogP contribution in [0.4, 0.5) is 0 Å². The summed E-state index contributed by atoms with van der Waals surface area (Å²) >= 11 is 0. The van der Waals surface area contributed by atoms with Crippen molar-refractivity contribution < 1.29 is 38.0 Å². The van der Waals surface area contributed by atoms with Crippen LogP contribution in [-0.4, -0.2) is 6.71 Å². The van der Waals surface area contributed by atoms with Crippen LogP contribution in [0.15, 0.2) is 48.5 Å². The topological polar surface area (TPSA) is 18.5 Å². The number of hydrogen-bond donors (Lipinski definition) is 0. The first-order valence-corrected chi connectivity index (χ1v) is 10.3. The van der Waals surface area contributed by atoms with E-state index in [-0.39, 0.29) is 48.1 Å². The van der Waals surface area contributed by atoms with E-state index >= 15 is 0 Å². The van der Waals surface area contributed by atoms with E-state index < -0.39 is 0 Å². The van der Waals surface area contributed by atoms with Crippen molar-refractivity contribution in [2.75, 3.05) is 0 Å². The maximum absolute atomic E-state index is 6.40. The van der Waals surface area contributed by atoms with Gasteiger partial charge in [0.2, 0.25) is 6.71 Å². The van der Waals surface area contributed by atoms with Gasteiger partial charge in [-0.05, 0) is 36.0 Å². The van der Waals surface area contributed by atoms with E-state index in [2.05, 4.69) is 43.3 Å². The van der Waals surface area contributed by atoms with E-state index in [1.807, 2.05) is 24.3 Å². The van der Waals surface area contributed by atoms with E-state index in [9.17, 15) is 0 Å². The molecule has 1 aliphatic carbocycles. The van der Waals surface area contributed by atoms with Gasteiger partial charge in [0.05, 0.1) is 0 Å². The molecule has 0 atom stereocenters. The molecule has 3 aromatic carbocycles. The summed E-state index contributed by atoms with van der Waals surface area (Å²) in [5.41, 5.74) is 5.05. The minimum atomic E-state index is 0. The molecule has 2 aliphatic heterocycles. The Balaban J connectivity index is 0.000000907. The van der Waals surface area contributed by atoms with Gasteiger partial charge in [-0.3, -0.25) is 0 Å². The molecule has 0 aromatic heterocycles. The average molecular weight is 865 g/mol. The third kappa shape index (κ3) is 3.68. The molecule has 0 amide bonds. The average Bonchev–Trinajstić information content (AvgIpc) is 2.73. The second-order valence-corrected chi connectivity index (χ2v) is 8.57. The molecule has 0 bridgehead atoms. The predicted molar refractivity (Wildman–Crippen MR) is 119 cm³/mol. The molecule has 3 aliphatic rings. The first-order chi connectivity index (χ1) is 13.7. The molecule has 2 nitrogen and oxygen atoms in total. The van der Waals surface area contributed by atoms with Crippen molar-refractivity contribution in [2.24, 2.45) is 0 Å². The molecule has 160 valence electrons. The Hall–Kier alpha value is -1.90. The molecule has 2 radical (unpaired) electrons. The standard InChI is InChI=1S/C25H21BO2.CH3.2Am/c1-25(13-7-2-8-14-25)17-15-22-24-23(16-17)28-21-12-6-4-10-19(21)26(24)18-9-3-5-11-20(18)27-22;;;/h3-4,9-12,15-16H,2,7-8,13-14H2,1H3;1H3;;/q-2;-1;;. The molecular weight excluding hydrogens is 841 g/mol. The smallest absolute Gasteiger partial charge is 0.208 e. The summed E-state index contributed by atoms with van der Waals surface area (Å²) in [5.74, 6) is 3.68.